The maximum atomic E-state index is 3.71. The maximum Gasteiger partial charge on any atom is 0.145 e. The van der Waals surface area contributed by atoms with Crippen molar-refractivity contribution in [2.24, 2.45) is 0 Å². The van der Waals surface area contributed by atoms with E-state index < -0.39 is 0 Å². The highest BCUT2D eigenvalue weighted by Gasteiger charge is 2.34. The Morgan fingerprint density at radius 2 is 1.26 bits per heavy atom. The van der Waals surface area contributed by atoms with Crippen molar-refractivity contribution in [1.82, 2.24) is 9.80 Å². The van der Waals surface area contributed by atoms with E-state index in [2.05, 4.69) is 80.1 Å². The molecule has 0 spiro atoms. The average molecular weight is 263 g/mol. The third kappa shape index (κ3) is 3.71. The summed E-state index contributed by atoms with van der Waals surface area (Å²) in [5, 5.41) is 3.71. The van der Waals surface area contributed by atoms with E-state index in [1.54, 1.807) is 0 Å². The molecule has 0 heterocycles. The molecule has 0 saturated heterocycles. The number of anilines is 1. The number of para-hydroxylation sites is 1. The van der Waals surface area contributed by atoms with Crippen LogP contribution < -0.4 is 5.32 Å². The van der Waals surface area contributed by atoms with Crippen LogP contribution in [-0.4, -0.2) is 41.8 Å². The van der Waals surface area contributed by atoms with Crippen molar-refractivity contribution in [1.29, 1.82) is 0 Å². The number of benzene rings is 1. The summed E-state index contributed by atoms with van der Waals surface area (Å²) in [6.07, 6.45) is 0. The van der Waals surface area contributed by atoms with Crippen molar-refractivity contribution < 1.29 is 0 Å². The molecular weight excluding hydrogens is 234 g/mol. The fourth-order valence-electron chi connectivity index (χ4n) is 2.83. The Morgan fingerprint density at radius 1 is 0.842 bits per heavy atom. The summed E-state index contributed by atoms with van der Waals surface area (Å²) in [5.74, 6) is -0.144. The van der Waals surface area contributed by atoms with Gasteiger partial charge in [-0.25, -0.2) is 0 Å². The Morgan fingerprint density at radius 3 is 1.63 bits per heavy atom. The predicted octanol–water partition coefficient (Wildman–Crippen LogP) is 3.46. The van der Waals surface area contributed by atoms with Crippen LogP contribution in [0.25, 0.3) is 0 Å². The molecule has 0 amide bonds. The maximum absolute atomic E-state index is 3.71. The minimum atomic E-state index is -0.144. The lowest BCUT2D eigenvalue weighted by Gasteiger charge is -2.48. The lowest BCUT2D eigenvalue weighted by Crippen LogP contribution is -2.63. The van der Waals surface area contributed by atoms with Gasteiger partial charge in [0.2, 0.25) is 0 Å². The summed E-state index contributed by atoms with van der Waals surface area (Å²) in [4.78, 5) is 4.93. The smallest absolute Gasteiger partial charge is 0.145 e. The van der Waals surface area contributed by atoms with Gasteiger partial charge in [0.25, 0.3) is 0 Å². The van der Waals surface area contributed by atoms with Gasteiger partial charge in [0.15, 0.2) is 0 Å². The van der Waals surface area contributed by atoms with Crippen molar-refractivity contribution in [2.45, 2.75) is 40.4 Å². The zero-order chi connectivity index (χ0) is 14.3. The highest BCUT2D eigenvalue weighted by Crippen LogP contribution is 2.23. The first-order valence-corrected chi connectivity index (χ1v) is 7.45. The molecule has 1 rings (SSSR count). The summed E-state index contributed by atoms with van der Waals surface area (Å²) in [7, 11) is 0. The van der Waals surface area contributed by atoms with Crippen molar-refractivity contribution >= 4 is 5.69 Å². The van der Waals surface area contributed by atoms with E-state index in [-0.39, 0.29) is 5.79 Å². The number of nitrogens with zero attached hydrogens (tertiary/aromatic N) is 2. The third-order valence-corrected chi connectivity index (χ3v) is 3.91. The SMILES string of the molecule is CCN(CC)C(C)(Nc1ccccc1)N(CC)CC. The first-order chi connectivity index (χ1) is 9.12. The Kier molecular flexibility index (Phi) is 6.32. The first-order valence-electron chi connectivity index (χ1n) is 7.45. The summed E-state index contributed by atoms with van der Waals surface area (Å²) < 4.78 is 0. The fraction of sp³-hybridized carbons (Fsp3) is 0.625. The monoisotopic (exact) mass is 263 g/mol. The summed E-state index contributed by atoms with van der Waals surface area (Å²) in [6, 6.07) is 10.5. The average Bonchev–Trinajstić information content (AvgIpc) is 2.42. The van der Waals surface area contributed by atoms with E-state index in [1.165, 1.54) is 5.69 Å². The van der Waals surface area contributed by atoms with Gasteiger partial charge >= 0.3 is 0 Å². The Hall–Kier alpha value is -1.06. The van der Waals surface area contributed by atoms with E-state index in [4.69, 9.17) is 0 Å². The summed E-state index contributed by atoms with van der Waals surface area (Å²) in [6.45, 7) is 15.3. The van der Waals surface area contributed by atoms with Crippen LogP contribution >= 0.6 is 0 Å². The zero-order valence-electron chi connectivity index (χ0n) is 13.1. The molecule has 1 aromatic carbocycles. The first kappa shape index (κ1) is 16.0. The minimum Gasteiger partial charge on any atom is -0.355 e. The molecule has 108 valence electrons. The van der Waals surface area contributed by atoms with Crippen LogP contribution in [0, 0.1) is 0 Å². The number of hydrogen-bond acceptors (Lipinski definition) is 3. The second kappa shape index (κ2) is 7.51. The summed E-state index contributed by atoms with van der Waals surface area (Å²) >= 11 is 0. The molecule has 0 unspecified atom stereocenters. The second-order valence-electron chi connectivity index (χ2n) is 4.86. The fourth-order valence-corrected chi connectivity index (χ4v) is 2.83. The number of hydrogen-bond donors (Lipinski definition) is 1. The van der Waals surface area contributed by atoms with Crippen LogP contribution in [0.3, 0.4) is 0 Å². The van der Waals surface area contributed by atoms with Crippen LogP contribution in [0.4, 0.5) is 5.69 Å². The van der Waals surface area contributed by atoms with E-state index in [0.717, 1.165) is 26.2 Å². The van der Waals surface area contributed by atoms with Crippen LogP contribution in [0.2, 0.25) is 0 Å². The standard InChI is InChI=1S/C16H29N3/c1-6-18(7-2)16(5,19(8-3)9-4)17-15-13-11-10-12-14-15/h10-14,17H,6-9H2,1-5H3. The van der Waals surface area contributed by atoms with Crippen LogP contribution in [0.5, 0.6) is 0 Å². The Balaban J connectivity index is 3.03. The molecule has 1 N–H and O–H groups in total. The van der Waals surface area contributed by atoms with Crippen molar-refractivity contribution in [2.75, 3.05) is 31.5 Å². The highest BCUT2D eigenvalue weighted by atomic mass is 15.5. The largest absolute Gasteiger partial charge is 0.355 e. The van der Waals surface area contributed by atoms with Crippen molar-refractivity contribution in [3.63, 3.8) is 0 Å². The molecule has 0 radical (unpaired) electrons. The molecule has 3 heteroatoms. The van der Waals surface area contributed by atoms with Gasteiger partial charge in [-0.15, -0.1) is 0 Å². The van der Waals surface area contributed by atoms with Crippen molar-refractivity contribution in [3.05, 3.63) is 30.3 Å². The normalized spacial score (nSPS) is 12.2. The van der Waals surface area contributed by atoms with Gasteiger partial charge in [-0.05, 0) is 45.2 Å². The Bertz CT molecular complexity index is 330. The van der Waals surface area contributed by atoms with E-state index >= 15 is 0 Å². The van der Waals surface area contributed by atoms with Gasteiger partial charge in [-0.3, -0.25) is 9.80 Å². The molecule has 0 bridgehead atoms. The minimum absolute atomic E-state index is 0.144. The van der Waals surface area contributed by atoms with E-state index in [1.807, 2.05) is 0 Å². The molecule has 19 heavy (non-hydrogen) atoms. The van der Waals surface area contributed by atoms with E-state index in [9.17, 15) is 0 Å². The second-order valence-corrected chi connectivity index (χ2v) is 4.86. The Labute approximate surface area is 118 Å². The highest BCUT2D eigenvalue weighted by molar-refractivity contribution is 5.44. The molecular formula is C16H29N3. The van der Waals surface area contributed by atoms with Crippen molar-refractivity contribution in [3.8, 4) is 0 Å². The molecule has 0 aliphatic rings. The van der Waals surface area contributed by atoms with E-state index in [0.29, 0.717) is 0 Å². The summed E-state index contributed by atoms with van der Waals surface area (Å²) in [5.41, 5.74) is 1.17. The third-order valence-electron chi connectivity index (χ3n) is 3.91. The van der Waals surface area contributed by atoms with Gasteiger partial charge in [-0.1, -0.05) is 45.9 Å². The number of rotatable bonds is 8. The molecule has 1 aromatic rings. The van der Waals surface area contributed by atoms with Gasteiger partial charge in [0.1, 0.15) is 5.79 Å². The molecule has 0 aliphatic carbocycles. The lowest BCUT2D eigenvalue weighted by atomic mass is 10.2. The molecule has 0 aliphatic heterocycles. The van der Waals surface area contributed by atoms with Crippen LogP contribution in [0.15, 0.2) is 30.3 Å². The lowest BCUT2D eigenvalue weighted by molar-refractivity contribution is -0.0124. The molecule has 0 fully saturated rings. The number of nitrogens with one attached hydrogen (secondary N) is 1. The topological polar surface area (TPSA) is 18.5 Å². The molecule has 0 saturated carbocycles. The van der Waals surface area contributed by atoms with Crippen LogP contribution in [0.1, 0.15) is 34.6 Å². The van der Waals surface area contributed by atoms with Gasteiger partial charge in [0.05, 0.1) is 0 Å². The van der Waals surface area contributed by atoms with Gasteiger partial charge in [-0.2, -0.15) is 0 Å². The predicted molar refractivity (Wildman–Crippen MR) is 84.3 cm³/mol. The molecule has 0 atom stereocenters. The quantitative estimate of drug-likeness (QED) is 0.725. The molecule has 0 aromatic heterocycles. The molecule has 3 nitrogen and oxygen atoms in total. The zero-order valence-corrected chi connectivity index (χ0v) is 13.1. The van der Waals surface area contributed by atoms with Gasteiger partial charge < -0.3 is 5.32 Å². The van der Waals surface area contributed by atoms with Crippen LogP contribution in [-0.2, 0) is 0 Å². The van der Waals surface area contributed by atoms with Gasteiger partial charge in [0, 0.05) is 5.69 Å².